The van der Waals surface area contributed by atoms with E-state index in [1.54, 1.807) is 24.3 Å². The molecule has 0 aliphatic heterocycles. The van der Waals surface area contributed by atoms with E-state index < -0.39 is 5.97 Å². The zero-order valence-corrected chi connectivity index (χ0v) is 16.5. The molecule has 0 aliphatic carbocycles. The number of nitrogens with zero attached hydrogens (tertiary/aromatic N) is 2. The highest BCUT2D eigenvalue weighted by atomic mass is 16.5. The van der Waals surface area contributed by atoms with Crippen LogP contribution < -0.4 is 5.32 Å². The van der Waals surface area contributed by atoms with Crippen molar-refractivity contribution in [3.8, 4) is 0 Å². The topological polar surface area (TPSA) is 73.2 Å². The first-order chi connectivity index (χ1) is 14.6. The summed E-state index contributed by atoms with van der Waals surface area (Å²) in [6.07, 6.45) is 1.85. The van der Waals surface area contributed by atoms with E-state index in [9.17, 15) is 9.59 Å². The van der Waals surface area contributed by atoms with Crippen LogP contribution in [0.3, 0.4) is 0 Å². The van der Waals surface area contributed by atoms with Crippen LogP contribution in [0.1, 0.15) is 31.8 Å². The summed E-state index contributed by atoms with van der Waals surface area (Å²) < 4.78 is 6.78. The molecule has 1 aromatic heterocycles. The predicted octanol–water partition coefficient (Wildman–Crippen LogP) is 3.80. The van der Waals surface area contributed by atoms with E-state index >= 15 is 0 Å². The maximum absolute atomic E-state index is 12.3. The molecule has 0 atom stereocenters. The summed E-state index contributed by atoms with van der Waals surface area (Å²) in [6, 6.07) is 22.6. The number of fused-ring (bicyclic) bond motifs is 1. The number of imidazole rings is 1. The number of esters is 1. The van der Waals surface area contributed by atoms with Crippen molar-refractivity contribution < 1.29 is 14.3 Å². The van der Waals surface area contributed by atoms with E-state index in [0.717, 1.165) is 28.7 Å². The van der Waals surface area contributed by atoms with Gasteiger partial charge >= 0.3 is 5.97 Å². The van der Waals surface area contributed by atoms with Crippen LogP contribution in [0.15, 0.2) is 79.1 Å². The number of rotatable bonds is 6. The molecule has 1 N–H and O–H groups in total. The third kappa shape index (κ3) is 4.22. The molecule has 0 spiro atoms. The molecule has 0 saturated heterocycles. The Kier molecular flexibility index (Phi) is 5.57. The van der Waals surface area contributed by atoms with E-state index in [-0.39, 0.29) is 5.91 Å². The van der Waals surface area contributed by atoms with Crippen LogP contribution in [0.5, 0.6) is 0 Å². The first kappa shape index (κ1) is 19.4. The second kappa shape index (κ2) is 8.61. The maximum atomic E-state index is 12.3. The van der Waals surface area contributed by atoms with Crippen LogP contribution in [0.2, 0.25) is 0 Å². The number of ether oxygens (including phenoxy) is 1. The van der Waals surface area contributed by atoms with Crippen molar-refractivity contribution in [1.29, 1.82) is 0 Å². The Bertz CT molecular complexity index is 1180. The Morgan fingerprint density at radius 1 is 0.900 bits per heavy atom. The Hall–Kier alpha value is -3.93. The molecule has 6 heteroatoms. The van der Waals surface area contributed by atoms with E-state index in [4.69, 9.17) is 0 Å². The van der Waals surface area contributed by atoms with Gasteiger partial charge in [0.2, 0.25) is 0 Å². The molecular formula is C24H21N3O3. The van der Waals surface area contributed by atoms with Gasteiger partial charge in [0.15, 0.2) is 0 Å². The first-order valence-corrected chi connectivity index (χ1v) is 9.58. The SMILES string of the molecule is COC(=O)c1ccc(C(=O)NCc2ccc(Cn3cnc4ccccc43)cc2)cc1. The molecule has 1 heterocycles. The molecule has 3 aromatic carbocycles. The van der Waals surface area contributed by atoms with Gasteiger partial charge in [0, 0.05) is 18.7 Å². The summed E-state index contributed by atoms with van der Waals surface area (Å²) in [5.74, 6) is -0.619. The number of hydrogen-bond donors (Lipinski definition) is 1. The van der Waals surface area contributed by atoms with Crippen molar-refractivity contribution in [3.05, 3.63) is 101 Å². The zero-order valence-electron chi connectivity index (χ0n) is 16.5. The van der Waals surface area contributed by atoms with Gasteiger partial charge in [-0.3, -0.25) is 4.79 Å². The number of benzene rings is 3. The van der Waals surface area contributed by atoms with Crippen LogP contribution in [-0.2, 0) is 17.8 Å². The second-order valence-electron chi connectivity index (χ2n) is 6.93. The number of para-hydroxylation sites is 2. The van der Waals surface area contributed by atoms with Gasteiger partial charge in [0.05, 0.1) is 30.0 Å². The summed E-state index contributed by atoms with van der Waals surface area (Å²) in [6.45, 7) is 1.16. The molecule has 0 radical (unpaired) electrons. The number of methoxy groups -OCH3 is 1. The Morgan fingerprint density at radius 2 is 1.57 bits per heavy atom. The molecule has 1 amide bonds. The summed E-state index contributed by atoms with van der Waals surface area (Å²) in [7, 11) is 1.33. The van der Waals surface area contributed by atoms with Gasteiger partial charge in [-0.05, 0) is 47.5 Å². The van der Waals surface area contributed by atoms with Crippen LogP contribution >= 0.6 is 0 Å². The lowest BCUT2D eigenvalue weighted by Gasteiger charge is -2.08. The molecule has 0 fully saturated rings. The molecule has 0 unspecified atom stereocenters. The van der Waals surface area contributed by atoms with Gasteiger partial charge in [-0.1, -0.05) is 36.4 Å². The largest absolute Gasteiger partial charge is 0.465 e. The lowest BCUT2D eigenvalue weighted by molar-refractivity contribution is 0.0600. The van der Waals surface area contributed by atoms with Gasteiger partial charge in [-0.2, -0.15) is 0 Å². The Balaban J connectivity index is 1.35. The van der Waals surface area contributed by atoms with E-state index in [0.29, 0.717) is 17.7 Å². The van der Waals surface area contributed by atoms with E-state index in [1.165, 1.54) is 7.11 Å². The highest BCUT2D eigenvalue weighted by Gasteiger charge is 2.09. The van der Waals surface area contributed by atoms with Crippen molar-refractivity contribution >= 4 is 22.9 Å². The maximum Gasteiger partial charge on any atom is 0.337 e. The van der Waals surface area contributed by atoms with Crippen LogP contribution in [0.25, 0.3) is 11.0 Å². The third-order valence-electron chi connectivity index (χ3n) is 4.92. The molecule has 4 aromatic rings. The van der Waals surface area contributed by atoms with Crippen LogP contribution in [0, 0.1) is 0 Å². The number of nitrogens with one attached hydrogen (secondary N) is 1. The summed E-state index contributed by atoms with van der Waals surface area (Å²) >= 11 is 0. The zero-order chi connectivity index (χ0) is 20.9. The molecule has 6 nitrogen and oxygen atoms in total. The number of hydrogen-bond acceptors (Lipinski definition) is 4. The fourth-order valence-electron chi connectivity index (χ4n) is 3.26. The fraction of sp³-hybridized carbons (Fsp3) is 0.125. The summed E-state index contributed by atoms with van der Waals surface area (Å²) in [4.78, 5) is 28.2. The van der Waals surface area contributed by atoms with Crippen molar-refractivity contribution in [2.24, 2.45) is 0 Å². The summed E-state index contributed by atoms with van der Waals surface area (Å²) in [5, 5.41) is 2.90. The monoisotopic (exact) mass is 399 g/mol. The molecule has 150 valence electrons. The molecule has 0 aliphatic rings. The quantitative estimate of drug-likeness (QED) is 0.501. The smallest absolute Gasteiger partial charge is 0.337 e. The minimum Gasteiger partial charge on any atom is -0.465 e. The van der Waals surface area contributed by atoms with E-state index in [2.05, 4.69) is 37.8 Å². The van der Waals surface area contributed by atoms with Crippen LogP contribution in [-0.4, -0.2) is 28.5 Å². The van der Waals surface area contributed by atoms with Gasteiger partial charge in [0.1, 0.15) is 0 Å². The minimum atomic E-state index is -0.425. The lowest BCUT2D eigenvalue weighted by atomic mass is 10.1. The predicted molar refractivity (Wildman–Crippen MR) is 114 cm³/mol. The molecular weight excluding hydrogens is 378 g/mol. The highest BCUT2D eigenvalue weighted by molar-refractivity contribution is 5.96. The number of amides is 1. The number of carbonyl (C=O) groups is 2. The number of carbonyl (C=O) groups excluding carboxylic acids is 2. The molecule has 4 rings (SSSR count). The van der Waals surface area contributed by atoms with Gasteiger partial charge in [-0.25, -0.2) is 9.78 Å². The van der Waals surface area contributed by atoms with Gasteiger partial charge < -0.3 is 14.6 Å². The average Bonchev–Trinajstić information content (AvgIpc) is 3.21. The lowest BCUT2D eigenvalue weighted by Crippen LogP contribution is -2.22. The van der Waals surface area contributed by atoms with Crippen LogP contribution in [0.4, 0.5) is 0 Å². The van der Waals surface area contributed by atoms with Crippen molar-refractivity contribution in [1.82, 2.24) is 14.9 Å². The first-order valence-electron chi connectivity index (χ1n) is 9.58. The van der Waals surface area contributed by atoms with Crippen molar-refractivity contribution in [2.75, 3.05) is 7.11 Å². The third-order valence-corrected chi connectivity index (χ3v) is 4.92. The van der Waals surface area contributed by atoms with Gasteiger partial charge in [0.25, 0.3) is 5.91 Å². The fourth-order valence-corrected chi connectivity index (χ4v) is 3.26. The summed E-state index contributed by atoms with van der Waals surface area (Å²) in [5.41, 5.74) is 5.16. The Labute approximate surface area is 174 Å². The normalized spacial score (nSPS) is 10.7. The Morgan fingerprint density at radius 3 is 2.30 bits per heavy atom. The number of aromatic nitrogens is 2. The van der Waals surface area contributed by atoms with Crippen molar-refractivity contribution in [2.45, 2.75) is 13.1 Å². The van der Waals surface area contributed by atoms with Gasteiger partial charge in [-0.15, -0.1) is 0 Å². The standard InChI is InChI=1S/C24H21N3O3/c1-30-24(29)20-12-10-19(11-13-20)23(28)25-14-17-6-8-18(9-7-17)15-27-16-26-21-4-2-3-5-22(21)27/h2-13,16H,14-15H2,1H3,(H,25,28). The van der Waals surface area contributed by atoms with Crippen molar-refractivity contribution in [3.63, 3.8) is 0 Å². The molecule has 0 saturated carbocycles. The molecule has 30 heavy (non-hydrogen) atoms. The minimum absolute atomic E-state index is 0.194. The molecule has 0 bridgehead atoms. The van der Waals surface area contributed by atoms with E-state index in [1.807, 2.05) is 36.7 Å². The second-order valence-corrected chi connectivity index (χ2v) is 6.93. The highest BCUT2D eigenvalue weighted by Crippen LogP contribution is 2.15. The average molecular weight is 399 g/mol.